The molecule has 0 aliphatic carbocycles. The number of aryl methyl sites for hydroxylation is 2. The fourth-order valence-electron chi connectivity index (χ4n) is 2.23. The summed E-state index contributed by atoms with van der Waals surface area (Å²) in [5, 5.41) is 1.97. The summed E-state index contributed by atoms with van der Waals surface area (Å²) >= 11 is 2.87. The molecule has 8 heteroatoms. The number of hydrogen-bond acceptors (Lipinski definition) is 6. The summed E-state index contributed by atoms with van der Waals surface area (Å²) in [6, 6.07) is 7.40. The Morgan fingerprint density at radius 3 is 2.79 bits per heavy atom. The number of aromatic nitrogens is 1. The molecule has 0 fully saturated rings. The molecule has 1 N–H and O–H groups in total. The van der Waals surface area contributed by atoms with Gasteiger partial charge in [-0.2, -0.15) is 0 Å². The first kappa shape index (κ1) is 17.3. The van der Waals surface area contributed by atoms with Gasteiger partial charge in [-0.1, -0.05) is 13.0 Å². The van der Waals surface area contributed by atoms with Crippen LogP contribution in [0.25, 0.3) is 10.8 Å². The molecule has 0 aromatic carbocycles. The van der Waals surface area contributed by atoms with Crippen LogP contribution in [0, 0.1) is 6.92 Å². The Kier molecular flexibility index (Phi) is 5.19. The second-order valence-corrected chi connectivity index (χ2v) is 9.33. The predicted molar refractivity (Wildman–Crippen MR) is 97.1 cm³/mol. The summed E-state index contributed by atoms with van der Waals surface area (Å²) in [4.78, 5) is 6.50. The lowest BCUT2D eigenvalue weighted by Gasteiger charge is -2.03. The molecular formula is C16H18N2O3S3. The highest BCUT2D eigenvalue weighted by Crippen LogP contribution is 2.26. The van der Waals surface area contributed by atoms with Gasteiger partial charge in [0.15, 0.2) is 0 Å². The Labute approximate surface area is 149 Å². The first-order valence-corrected chi connectivity index (χ1v) is 10.8. The van der Waals surface area contributed by atoms with Crippen LogP contribution >= 0.6 is 22.7 Å². The van der Waals surface area contributed by atoms with E-state index in [9.17, 15) is 8.42 Å². The van der Waals surface area contributed by atoms with Gasteiger partial charge in [0.25, 0.3) is 0 Å². The van der Waals surface area contributed by atoms with Crippen LogP contribution in [0.15, 0.2) is 38.3 Å². The first-order chi connectivity index (χ1) is 11.5. The smallest absolute Gasteiger partial charge is 0.250 e. The molecule has 0 radical (unpaired) electrons. The van der Waals surface area contributed by atoms with Crippen molar-refractivity contribution in [2.75, 3.05) is 6.54 Å². The molecule has 0 aliphatic heterocycles. The normalized spacial score (nSPS) is 11.9. The van der Waals surface area contributed by atoms with Crippen molar-refractivity contribution in [1.82, 2.24) is 9.71 Å². The monoisotopic (exact) mass is 382 g/mol. The van der Waals surface area contributed by atoms with E-state index >= 15 is 0 Å². The Morgan fingerprint density at radius 1 is 1.29 bits per heavy atom. The molecule has 24 heavy (non-hydrogen) atoms. The minimum Gasteiger partial charge on any atom is -0.440 e. The van der Waals surface area contributed by atoms with Gasteiger partial charge >= 0.3 is 0 Å². The molecule has 0 saturated carbocycles. The van der Waals surface area contributed by atoms with E-state index in [2.05, 4.69) is 9.71 Å². The summed E-state index contributed by atoms with van der Waals surface area (Å²) in [5.74, 6) is 1.31. The topological polar surface area (TPSA) is 72.2 Å². The van der Waals surface area contributed by atoms with Crippen LogP contribution in [0.5, 0.6) is 0 Å². The Bertz CT molecular complexity index is 908. The Balaban J connectivity index is 1.64. The van der Waals surface area contributed by atoms with Crippen molar-refractivity contribution >= 4 is 32.7 Å². The molecule has 3 heterocycles. The largest absolute Gasteiger partial charge is 0.440 e. The van der Waals surface area contributed by atoms with Crippen molar-refractivity contribution in [3.05, 3.63) is 46.0 Å². The van der Waals surface area contributed by atoms with E-state index < -0.39 is 10.0 Å². The molecule has 3 aromatic rings. The zero-order valence-corrected chi connectivity index (χ0v) is 15.9. The van der Waals surface area contributed by atoms with Crippen molar-refractivity contribution in [1.29, 1.82) is 0 Å². The van der Waals surface area contributed by atoms with E-state index in [1.807, 2.05) is 37.4 Å². The summed E-state index contributed by atoms with van der Waals surface area (Å²) in [7, 11) is -3.46. The summed E-state index contributed by atoms with van der Waals surface area (Å²) < 4.78 is 33.2. The Hall–Kier alpha value is -1.48. The van der Waals surface area contributed by atoms with Gasteiger partial charge in [0, 0.05) is 17.8 Å². The molecule has 0 unspecified atom stereocenters. The van der Waals surface area contributed by atoms with E-state index in [0.717, 1.165) is 27.6 Å². The molecule has 128 valence electrons. The van der Waals surface area contributed by atoms with E-state index in [1.54, 1.807) is 17.4 Å². The van der Waals surface area contributed by atoms with E-state index in [0.29, 0.717) is 23.1 Å². The van der Waals surface area contributed by atoms with Gasteiger partial charge in [0.1, 0.15) is 9.97 Å². The van der Waals surface area contributed by atoms with Gasteiger partial charge in [-0.15, -0.1) is 22.7 Å². The van der Waals surface area contributed by atoms with Crippen molar-refractivity contribution in [3.63, 3.8) is 0 Å². The molecule has 3 aromatic heterocycles. The zero-order chi connectivity index (χ0) is 17.2. The van der Waals surface area contributed by atoms with Crippen LogP contribution in [0.3, 0.4) is 0 Å². The van der Waals surface area contributed by atoms with Crippen LogP contribution in [-0.4, -0.2) is 19.9 Å². The molecule has 0 bridgehead atoms. The average molecular weight is 383 g/mol. The van der Waals surface area contributed by atoms with Crippen molar-refractivity contribution in [2.24, 2.45) is 0 Å². The fourth-order valence-corrected chi connectivity index (χ4v) is 5.25. The third-order valence-electron chi connectivity index (χ3n) is 3.53. The van der Waals surface area contributed by atoms with Gasteiger partial charge < -0.3 is 4.42 Å². The molecule has 0 aliphatic rings. The zero-order valence-electron chi connectivity index (χ0n) is 13.4. The fraction of sp³-hybridized carbons (Fsp3) is 0.312. The van der Waals surface area contributed by atoms with Crippen LogP contribution in [-0.2, 0) is 22.9 Å². The minimum atomic E-state index is -3.46. The summed E-state index contributed by atoms with van der Waals surface area (Å²) in [6.45, 7) is 4.15. The van der Waals surface area contributed by atoms with Gasteiger partial charge in [0.2, 0.25) is 15.9 Å². The third-order valence-corrected chi connectivity index (χ3v) is 7.57. The number of rotatable bonds is 7. The van der Waals surface area contributed by atoms with Crippen molar-refractivity contribution in [2.45, 2.75) is 30.9 Å². The van der Waals surface area contributed by atoms with Crippen LogP contribution in [0.4, 0.5) is 0 Å². The number of hydrogen-bond donors (Lipinski definition) is 1. The maximum absolute atomic E-state index is 12.3. The number of nitrogens with zero attached hydrogens (tertiary/aromatic N) is 1. The van der Waals surface area contributed by atoms with Gasteiger partial charge in [-0.25, -0.2) is 18.1 Å². The van der Waals surface area contributed by atoms with E-state index in [-0.39, 0.29) is 0 Å². The molecule has 0 spiro atoms. The minimum absolute atomic E-state index is 0.291. The highest BCUT2D eigenvalue weighted by atomic mass is 32.2. The van der Waals surface area contributed by atoms with Crippen LogP contribution in [0.1, 0.15) is 23.3 Å². The highest BCUT2D eigenvalue weighted by Gasteiger charge is 2.17. The highest BCUT2D eigenvalue weighted by molar-refractivity contribution is 7.91. The number of nitrogens with one attached hydrogen (secondary N) is 1. The summed E-state index contributed by atoms with van der Waals surface area (Å²) in [5.41, 5.74) is 0.779. The van der Waals surface area contributed by atoms with Crippen molar-refractivity contribution < 1.29 is 12.8 Å². The molecule has 5 nitrogen and oxygen atoms in total. The number of sulfonamides is 1. The molecule has 0 saturated heterocycles. The third kappa shape index (κ3) is 3.77. The van der Waals surface area contributed by atoms with E-state index in [1.165, 1.54) is 11.3 Å². The van der Waals surface area contributed by atoms with Crippen molar-refractivity contribution in [3.8, 4) is 10.8 Å². The summed E-state index contributed by atoms with van der Waals surface area (Å²) in [6.07, 6.45) is 1.33. The molecule has 0 amide bonds. The standard InChI is InChI=1S/C16H18N2O3S3/c1-3-12-6-7-15(23-12)24(19,20)17-9-8-13-11(2)21-16(18-13)14-5-4-10-22-14/h4-7,10,17H,3,8-9H2,1-2H3. The lowest BCUT2D eigenvalue weighted by Crippen LogP contribution is -2.25. The first-order valence-electron chi connectivity index (χ1n) is 7.58. The maximum atomic E-state index is 12.3. The maximum Gasteiger partial charge on any atom is 0.250 e. The number of oxazole rings is 1. The quantitative estimate of drug-likeness (QED) is 0.673. The second-order valence-electron chi connectivity index (χ2n) is 5.22. The Morgan fingerprint density at radius 2 is 2.12 bits per heavy atom. The molecule has 0 atom stereocenters. The molecule has 3 rings (SSSR count). The SMILES string of the molecule is CCc1ccc(S(=O)(=O)NCCc2nc(-c3cccs3)oc2C)s1. The lowest BCUT2D eigenvalue weighted by molar-refractivity contribution is 0.540. The van der Waals surface area contributed by atoms with E-state index in [4.69, 9.17) is 4.42 Å². The predicted octanol–water partition coefficient (Wildman–Crippen LogP) is 3.86. The average Bonchev–Trinajstić information content (AvgIpc) is 3.28. The van der Waals surface area contributed by atoms with Gasteiger partial charge in [0.05, 0.1) is 10.6 Å². The van der Waals surface area contributed by atoms with Crippen LogP contribution < -0.4 is 4.72 Å². The van der Waals surface area contributed by atoms with Gasteiger partial charge in [-0.05, 0) is 36.9 Å². The molecular weight excluding hydrogens is 364 g/mol. The lowest BCUT2D eigenvalue weighted by atomic mass is 10.3. The van der Waals surface area contributed by atoms with Crippen LogP contribution in [0.2, 0.25) is 0 Å². The second kappa shape index (κ2) is 7.18. The number of thiophene rings is 2. The van der Waals surface area contributed by atoms with Gasteiger partial charge in [-0.3, -0.25) is 0 Å².